The molecule has 3 aromatic rings. The number of alkyl carbamates (subject to hydrolysis) is 1. The number of hydrogen-bond donors (Lipinski definition) is 3. The second kappa shape index (κ2) is 23.6. The fourth-order valence-corrected chi connectivity index (χ4v) is 8.33. The number of nitrogens with zero attached hydrogens (tertiary/aromatic N) is 3. The lowest BCUT2D eigenvalue weighted by Gasteiger charge is -2.37. The summed E-state index contributed by atoms with van der Waals surface area (Å²) < 4.78 is 16.2. The third-order valence-electron chi connectivity index (χ3n) is 10.9. The predicted octanol–water partition coefficient (Wildman–Crippen LogP) is 5.44. The van der Waals surface area contributed by atoms with Crippen LogP contribution in [0, 0.1) is 11.8 Å². The van der Waals surface area contributed by atoms with E-state index in [4.69, 9.17) is 14.2 Å². The number of piperidine rings is 1. The molecule has 3 N–H and O–H groups in total. The lowest BCUT2D eigenvalue weighted by molar-refractivity contribution is -0.149. The molecule has 1 aliphatic heterocycles. The van der Waals surface area contributed by atoms with Crippen molar-refractivity contribution in [3.05, 3.63) is 87.9 Å². The highest BCUT2D eigenvalue weighted by atomic mass is 32.1. The molecule has 2 aromatic carbocycles. The molecule has 0 aliphatic carbocycles. The number of aromatic nitrogens is 1. The van der Waals surface area contributed by atoms with E-state index in [1.807, 2.05) is 88.2 Å². The molecule has 332 valence electrons. The second-order valence-electron chi connectivity index (χ2n) is 16.3. The van der Waals surface area contributed by atoms with Gasteiger partial charge in [0.1, 0.15) is 29.4 Å². The van der Waals surface area contributed by atoms with Crippen LogP contribution >= 0.6 is 11.3 Å². The molecule has 2 heterocycles. The topological polar surface area (TPSA) is 186 Å². The van der Waals surface area contributed by atoms with E-state index in [0.29, 0.717) is 11.4 Å². The van der Waals surface area contributed by atoms with Gasteiger partial charge in [-0.3, -0.25) is 24.1 Å². The van der Waals surface area contributed by atoms with Crippen LogP contribution in [0.25, 0.3) is 0 Å². The Kier molecular flexibility index (Phi) is 18.7. The van der Waals surface area contributed by atoms with Gasteiger partial charge in [-0.05, 0) is 62.2 Å². The monoisotopic (exact) mass is 862 g/mol. The summed E-state index contributed by atoms with van der Waals surface area (Å²) in [7, 11) is 4.83. The quantitative estimate of drug-likeness (QED) is 0.0971. The summed E-state index contributed by atoms with van der Waals surface area (Å²) in [6.45, 7) is 9.82. The Morgan fingerprint density at radius 2 is 1.54 bits per heavy atom. The van der Waals surface area contributed by atoms with Crippen LogP contribution in [0.15, 0.2) is 66.0 Å². The van der Waals surface area contributed by atoms with Crippen LogP contribution in [0.3, 0.4) is 0 Å². The zero-order valence-electron chi connectivity index (χ0n) is 36.6. The second-order valence-corrected chi connectivity index (χ2v) is 17.2. The number of likely N-dealkylation sites (tertiary alicyclic amines) is 1. The van der Waals surface area contributed by atoms with Crippen LogP contribution < -0.4 is 16.0 Å². The Morgan fingerprint density at radius 1 is 0.885 bits per heavy atom. The number of nitrogens with one attached hydrogen (secondary N) is 3. The molecule has 1 aliphatic rings. The van der Waals surface area contributed by atoms with E-state index in [0.717, 1.165) is 48.3 Å². The van der Waals surface area contributed by atoms with Crippen molar-refractivity contribution in [2.75, 3.05) is 27.7 Å². The lowest BCUT2D eigenvalue weighted by atomic mass is 9.94. The molecule has 4 rings (SSSR count). The predicted molar refractivity (Wildman–Crippen MR) is 231 cm³/mol. The van der Waals surface area contributed by atoms with E-state index in [2.05, 4.69) is 20.9 Å². The van der Waals surface area contributed by atoms with Crippen LogP contribution in [0.4, 0.5) is 4.79 Å². The van der Waals surface area contributed by atoms with Gasteiger partial charge in [-0.2, -0.15) is 0 Å². The standard InChI is InChI=1S/C45H62N6O9S/c1-28(2)37(51(7)43(55)39(29(3)4)49-41(54)36-21-15-16-22-50(36)6)25-38(60-30(5)52)42-47-35(27-61-42)40(53)46-33(23-31-17-11-9-12-18-31)24-34(44(56)58-8)48-45(57)59-26-32-19-13-10-14-20-32/h9-14,17-20,27-29,33-34,36-39H,15-16,21-26H2,1-8H3,(H,46,53)(H,48,57)(H,49,54). The average Bonchev–Trinajstić information content (AvgIpc) is 3.74. The van der Waals surface area contributed by atoms with Gasteiger partial charge in [0, 0.05) is 37.9 Å². The Bertz CT molecular complexity index is 1910. The largest absolute Gasteiger partial charge is 0.467 e. The van der Waals surface area contributed by atoms with E-state index in [1.54, 1.807) is 29.5 Å². The Morgan fingerprint density at radius 3 is 2.13 bits per heavy atom. The summed E-state index contributed by atoms with van der Waals surface area (Å²) in [6, 6.07) is 15.1. The van der Waals surface area contributed by atoms with Gasteiger partial charge in [0.05, 0.1) is 13.2 Å². The molecule has 0 bridgehead atoms. The van der Waals surface area contributed by atoms with Crippen molar-refractivity contribution in [1.82, 2.24) is 30.7 Å². The number of carbonyl (C=O) groups is 6. The minimum atomic E-state index is -1.16. The number of hydrogen-bond acceptors (Lipinski definition) is 12. The highest BCUT2D eigenvalue weighted by Gasteiger charge is 2.37. The summed E-state index contributed by atoms with van der Waals surface area (Å²) in [5.41, 5.74) is 1.69. The number of likely N-dealkylation sites (N-methyl/N-ethyl adjacent to an activating group) is 2. The van der Waals surface area contributed by atoms with Crippen LogP contribution in [0.2, 0.25) is 0 Å². The third kappa shape index (κ3) is 14.7. The van der Waals surface area contributed by atoms with E-state index in [9.17, 15) is 28.8 Å². The Balaban J connectivity index is 1.51. The highest BCUT2D eigenvalue weighted by molar-refractivity contribution is 7.09. The summed E-state index contributed by atoms with van der Waals surface area (Å²) in [4.78, 5) is 88.0. The van der Waals surface area contributed by atoms with E-state index in [-0.39, 0.29) is 54.8 Å². The molecule has 4 amide bonds. The number of rotatable bonds is 20. The average molecular weight is 863 g/mol. The molecule has 0 spiro atoms. The van der Waals surface area contributed by atoms with Crippen LogP contribution in [-0.4, -0.2) is 108 Å². The number of ether oxygens (including phenoxy) is 3. The van der Waals surface area contributed by atoms with Crippen LogP contribution in [0.5, 0.6) is 0 Å². The summed E-state index contributed by atoms with van der Waals surface area (Å²) in [5.74, 6) is -2.53. The van der Waals surface area contributed by atoms with Crippen molar-refractivity contribution >= 4 is 47.1 Å². The van der Waals surface area contributed by atoms with Crippen LogP contribution in [-0.2, 0) is 46.4 Å². The first-order valence-corrected chi connectivity index (χ1v) is 21.8. The number of esters is 2. The smallest absolute Gasteiger partial charge is 0.408 e. The maximum atomic E-state index is 14.2. The van der Waals surface area contributed by atoms with Gasteiger partial charge in [0.25, 0.3) is 5.91 Å². The Labute approximate surface area is 363 Å². The van der Waals surface area contributed by atoms with Gasteiger partial charge < -0.3 is 35.1 Å². The molecular weight excluding hydrogens is 801 g/mol. The van der Waals surface area contributed by atoms with Gasteiger partial charge in [-0.25, -0.2) is 14.6 Å². The maximum absolute atomic E-state index is 14.2. The van der Waals surface area contributed by atoms with E-state index in [1.165, 1.54) is 14.0 Å². The fourth-order valence-electron chi connectivity index (χ4n) is 7.49. The van der Waals surface area contributed by atoms with Crippen molar-refractivity contribution in [3.63, 3.8) is 0 Å². The molecule has 15 nitrogen and oxygen atoms in total. The highest BCUT2D eigenvalue weighted by Crippen LogP contribution is 2.31. The number of thiazole rings is 1. The van der Waals surface area contributed by atoms with E-state index >= 15 is 0 Å². The lowest BCUT2D eigenvalue weighted by Crippen LogP contribution is -2.57. The van der Waals surface area contributed by atoms with Gasteiger partial charge in [0.15, 0.2) is 6.10 Å². The number of methoxy groups -OCH3 is 1. The molecule has 61 heavy (non-hydrogen) atoms. The van der Waals surface area contributed by atoms with E-state index < -0.39 is 54.2 Å². The van der Waals surface area contributed by atoms with Gasteiger partial charge in [0.2, 0.25) is 11.8 Å². The van der Waals surface area contributed by atoms with Gasteiger partial charge in [-0.15, -0.1) is 11.3 Å². The molecule has 1 aromatic heterocycles. The number of benzene rings is 2. The number of amides is 4. The molecule has 1 saturated heterocycles. The van der Waals surface area contributed by atoms with Crippen LogP contribution in [0.1, 0.15) is 99.4 Å². The summed E-state index contributed by atoms with van der Waals surface area (Å²) in [5, 5.41) is 10.5. The first-order chi connectivity index (χ1) is 29.1. The van der Waals surface area contributed by atoms with Gasteiger partial charge >= 0.3 is 18.0 Å². The number of carbonyl (C=O) groups excluding carboxylic acids is 6. The zero-order chi connectivity index (χ0) is 44.6. The molecular formula is C45H62N6O9S. The summed E-state index contributed by atoms with van der Waals surface area (Å²) >= 11 is 1.14. The molecule has 0 radical (unpaired) electrons. The van der Waals surface area contributed by atoms with Crippen molar-refractivity contribution in [3.8, 4) is 0 Å². The molecule has 16 heteroatoms. The normalized spacial score (nSPS) is 16.7. The molecule has 1 fully saturated rings. The van der Waals surface area contributed by atoms with Crippen molar-refractivity contribution in [2.24, 2.45) is 11.8 Å². The molecule has 6 atom stereocenters. The van der Waals surface area contributed by atoms with Crippen molar-refractivity contribution < 1.29 is 43.0 Å². The minimum absolute atomic E-state index is 0.00911. The molecule has 6 unspecified atom stereocenters. The first kappa shape index (κ1) is 48.3. The van der Waals surface area contributed by atoms with Crippen molar-refractivity contribution in [1.29, 1.82) is 0 Å². The maximum Gasteiger partial charge on any atom is 0.408 e. The minimum Gasteiger partial charge on any atom is -0.467 e. The zero-order valence-corrected chi connectivity index (χ0v) is 37.4. The fraction of sp³-hybridized carbons (Fsp3) is 0.533. The van der Waals surface area contributed by atoms with Gasteiger partial charge in [-0.1, -0.05) is 94.8 Å². The third-order valence-corrected chi connectivity index (χ3v) is 11.8. The summed E-state index contributed by atoms with van der Waals surface area (Å²) in [6.07, 6.45) is 1.44. The van der Waals surface area contributed by atoms with Crippen molar-refractivity contribution in [2.45, 2.75) is 116 Å². The first-order valence-electron chi connectivity index (χ1n) is 20.9. The molecule has 0 saturated carbocycles. The Hall–Kier alpha value is -5.35. The SMILES string of the molecule is COC(=O)C(CC(Cc1ccccc1)NC(=O)c1csc(C(CC(C(C)C)N(C)C(=O)C(NC(=O)C2CCCCN2C)C(C)C)OC(C)=O)n1)NC(=O)OCc1ccccc1.